The molecule has 0 bridgehead atoms. The number of ether oxygens (including phenoxy) is 1. The summed E-state index contributed by atoms with van der Waals surface area (Å²) in [5, 5.41) is 11.3. The van der Waals surface area contributed by atoms with E-state index in [9.17, 15) is 9.59 Å². The smallest absolute Gasteiger partial charge is 0.411 e. The molecule has 0 heterocycles. The van der Waals surface area contributed by atoms with E-state index < -0.39 is 12.1 Å². The van der Waals surface area contributed by atoms with Crippen molar-refractivity contribution in [1.29, 1.82) is 0 Å². The lowest BCUT2D eigenvalue weighted by Crippen LogP contribution is -2.17. The van der Waals surface area contributed by atoms with E-state index in [1.807, 2.05) is 0 Å². The van der Waals surface area contributed by atoms with Crippen LogP contribution in [0.5, 0.6) is 0 Å². The van der Waals surface area contributed by atoms with Crippen LogP contribution in [0.25, 0.3) is 0 Å². The number of amides is 1. The van der Waals surface area contributed by atoms with Gasteiger partial charge in [-0.15, -0.1) is 0 Å². The molecule has 1 aromatic rings. The van der Waals surface area contributed by atoms with Crippen molar-refractivity contribution in [2.45, 2.75) is 12.8 Å². The number of carboxylic acids is 1. The largest absolute Gasteiger partial charge is 0.478 e. The molecule has 1 aromatic carbocycles. The monoisotopic (exact) mass is 235 g/mol. The molecule has 90 valence electrons. The second-order valence-corrected chi connectivity index (χ2v) is 4.02. The Hall–Kier alpha value is -2.04. The van der Waals surface area contributed by atoms with E-state index in [0.717, 1.165) is 12.8 Å². The standard InChI is InChI=1S/C12H13NO4/c14-11(15)9-3-1-2-4-10(9)13-12(16)17-7-8-5-6-8/h1-4,8H,5-7H2,(H,13,16)(H,14,15). The number of carbonyl (C=O) groups excluding carboxylic acids is 1. The fraction of sp³-hybridized carbons (Fsp3) is 0.333. The highest BCUT2D eigenvalue weighted by atomic mass is 16.5. The predicted molar refractivity (Wildman–Crippen MR) is 61.1 cm³/mol. The summed E-state index contributed by atoms with van der Waals surface area (Å²) in [5.41, 5.74) is 0.302. The van der Waals surface area contributed by atoms with Gasteiger partial charge in [0.25, 0.3) is 0 Å². The lowest BCUT2D eigenvalue weighted by molar-refractivity contribution is 0.0698. The van der Waals surface area contributed by atoms with Crippen LogP contribution in [-0.4, -0.2) is 23.8 Å². The zero-order valence-corrected chi connectivity index (χ0v) is 9.18. The van der Waals surface area contributed by atoms with Gasteiger partial charge in [0.1, 0.15) is 0 Å². The summed E-state index contributed by atoms with van der Waals surface area (Å²) < 4.78 is 4.96. The van der Waals surface area contributed by atoms with Crippen LogP contribution in [-0.2, 0) is 4.74 Å². The molecule has 0 atom stereocenters. The van der Waals surface area contributed by atoms with Crippen LogP contribution in [0.2, 0.25) is 0 Å². The number of aromatic carboxylic acids is 1. The van der Waals surface area contributed by atoms with Gasteiger partial charge in [-0.1, -0.05) is 12.1 Å². The van der Waals surface area contributed by atoms with Gasteiger partial charge < -0.3 is 9.84 Å². The number of rotatable bonds is 4. The summed E-state index contributed by atoms with van der Waals surface area (Å²) in [4.78, 5) is 22.3. The Labute approximate surface area is 98.4 Å². The van der Waals surface area contributed by atoms with Crippen molar-refractivity contribution in [3.63, 3.8) is 0 Å². The minimum atomic E-state index is -1.08. The number of anilines is 1. The van der Waals surface area contributed by atoms with Gasteiger partial charge in [0, 0.05) is 0 Å². The Morgan fingerprint density at radius 1 is 1.35 bits per heavy atom. The highest BCUT2D eigenvalue weighted by Crippen LogP contribution is 2.28. The van der Waals surface area contributed by atoms with Crippen LogP contribution in [0.3, 0.4) is 0 Å². The van der Waals surface area contributed by atoms with Crippen LogP contribution in [0, 0.1) is 5.92 Å². The van der Waals surface area contributed by atoms with E-state index in [-0.39, 0.29) is 11.3 Å². The third kappa shape index (κ3) is 3.21. The third-order valence-electron chi connectivity index (χ3n) is 2.54. The van der Waals surface area contributed by atoms with Gasteiger partial charge in [-0.25, -0.2) is 9.59 Å². The van der Waals surface area contributed by atoms with Crippen molar-refractivity contribution in [2.24, 2.45) is 5.92 Å². The maximum absolute atomic E-state index is 11.4. The molecule has 5 nitrogen and oxygen atoms in total. The summed E-state index contributed by atoms with van der Waals surface area (Å²) in [6, 6.07) is 6.22. The third-order valence-corrected chi connectivity index (χ3v) is 2.54. The lowest BCUT2D eigenvalue weighted by Gasteiger charge is -2.08. The number of carboxylic acid groups (broad SMARTS) is 1. The summed E-state index contributed by atoms with van der Waals surface area (Å²) >= 11 is 0. The minimum Gasteiger partial charge on any atom is -0.478 e. The molecule has 0 spiro atoms. The zero-order valence-electron chi connectivity index (χ0n) is 9.18. The van der Waals surface area contributed by atoms with E-state index in [4.69, 9.17) is 9.84 Å². The predicted octanol–water partition coefficient (Wildman–Crippen LogP) is 2.34. The molecule has 2 rings (SSSR count). The van der Waals surface area contributed by atoms with E-state index in [0.29, 0.717) is 12.5 Å². The Morgan fingerprint density at radius 2 is 2.06 bits per heavy atom. The first-order valence-corrected chi connectivity index (χ1v) is 5.43. The Balaban J connectivity index is 1.96. The fourth-order valence-corrected chi connectivity index (χ4v) is 1.40. The Bertz CT molecular complexity index is 440. The van der Waals surface area contributed by atoms with Crippen LogP contribution in [0.1, 0.15) is 23.2 Å². The summed E-state index contributed by atoms with van der Waals surface area (Å²) in [5.74, 6) is -0.599. The second-order valence-electron chi connectivity index (χ2n) is 4.02. The molecule has 1 aliphatic carbocycles. The van der Waals surface area contributed by atoms with Crippen LogP contribution in [0.4, 0.5) is 10.5 Å². The average Bonchev–Trinajstić information content (AvgIpc) is 3.10. The number of carbonyl (C=O) groups is 2. The molecule has 2 N–H and O–H groups in total. The van der Waals surface area contributed by atoms with Crippen molar-refractivity contribution in [1.82, 2.24) is 0 Å². The van der Waals surface area contributed by atoms with Gasteiger partial charge in [0.05, 0.1) is 17.9 Å². The SMILES string of the molecule is O=C(Nc1ccccc1C(=O)O)OCC1CC1. The number of nitrogens with one attached hydrogen (secondary N) is 1. The molecule has 0 aromatic heterocycles. The van der Waals surface area contributed by atoms with Crippen molar-refractivity contribution < 1.29 is 19.4 Å². The average molecular weight is 235 g/mol. The molecule has 17 heavy (non-hydrogen) atoms. The molecule has 0 aliphatic heterocycles. The highest BCUT2D eigenvalue weighted by molar-refractivity contribution is 5.98. The Kier molecular flexibility index (Phi) is 3.27. The summed E-state index contributed by atoms with van der Waals surface area (Å²) in [6.45, 7) is 0.404. The maximum atomic E-state index is 11.4. The fourth-order valence-electron chi connectivity index (χ4n) is 1.40. The van der Waals surface area contributed by atoms with Crippen LogP contribution < -0.4 is 5.32 Å². The van der Waals surface area contributed by atoms with Gasteiger partial charge in [-0.3, -0.25) is 5.32 Å². The number of para-hydroxylation sites is 1. The quantitative estimate of drug-likeness (QED) is 0.839. The maximum Gasteiger partial charge on any atom is 0.411 e. The van der Waals surface area contributed by atoms with Gasteiger partial charge in [-0.05, 0) is 30.9 Å². The highest BCUT2D eigenvalue weighted by Gasteiger charge is 2.23. The lowest BCUT2D eigenvalue weighted by atomic mass is 10.2. The van der Waals surface area contributed by atoms with E-state index in [2.05, 4.69) is 5.32 Å². The first kappa shape index (κ1) is 11.4. The first-order valence-electron chi connectivity index (χ1n) is 5.43. The van der Waals surface area contributed by atoms with Gasteiger partial charge in [-0.2, -0.15) is 0 Å². The van der Waals surface area contributed by atoms with Gasteiger partial charge in [0.2, 0.25) is 0 Å². The second kappa shape index (κ2) is 4.86. The minimum absolute atomic E-state index is 0.0517. The van der Waals surface area contributed by atoms with E-state index >= 15 is 0 Å². The van der Waals surface area contributed by atoms with Gasteiger partial charge in [0.15, 0.2) is 0 Å². The normalized spacial score (nSPS) is 14.1. The van der Waals surface area contributed by atoms with Crippen LogP contribution in [0.15, 0.2) is 24.3 Å². The van der Waals surface area contributed by atoms with Crippen molar-refractivity contribution in [3.05, 3.63) is 29.8 Å². The molecular weight excluding hydrogens is 222 g/mol. The molecule has 1 aliphatic rings. The number of hydrogen-bond acceptors (Lipinski definition) is 3. The Morgan fingerprint density at radius 3 is 2.71 bits per heavy atom. The number of benzene rings is 1. The molecule has 0 unspecified atom stereocenters. The molecule has 1 saturated carbocycles. The van der Waals surface area contributed by atoms with E-state index in [1.54, 1.807) is 12.1 Å². The summed E-state index contributed by atoms with van der Waals surface area (Å²) in [7, 11) is 0. The van der Waals surface area contributed by atoms with Crippen LogP contribution >= 0.6 is 0 Å². The molecule has 1 amide bonds. The molecule has 0 radical (unpaired) electrons. The van der Waals surface area contributed by atoms with E-state index in [1.165, 1.54) is 12.1 Å². The molecular formula is C12H13NO4. The first-order chi connectivity index (χ1) is 8.16. The topological polar surface area (TPSA) is 75.6 Å². The summed E-state index contributed by atoms with van der Waals surface area (Å²) in [6.07, 6.45) is 1.59. The number of hydrogen-bond donors (Lipinski definition) is 2. The van der Waals surface area contributed by atoms with Crippen molar-refractivity contribution >= 4 is 17.7 Å². The van der Waals surface area contributed by atoms with Gasteiger partial charge >= 0.3 is 12.1 Å². The molecule has 5 heteroatoms. The molecule has 0 saturated heterocycles. The molecule has 1 fully saturated rings. The zero-order chi connectivity index (χ0) is 12.3. The van der Waals surface area contributed by atoms with Crippen molar-refractivity contribution in [3.8, 4) is 0 Å². The van der Waals surface area contributed by atoms with Crippen molar-refractivity contribution in [2.75, 3.05) is 11.9 Å².